The van der Waals surface area contributed by atoms with Gasteiger partial charge in [-0.2, -0.15) is 0 Å². The zero-order valence-electron chi connectivity index (χ0n) is 17.6. The third-order valence-corrected chi connectivity index (χ3v) is 6.07. The van der Waals surface area contributed by atoms with Crippen LogP contribution in [0.5, 0.6) is 11.5 Å². The molecule has 152 valence electrons. The number of rotatable bonds is 7. The quantitative estimate of drug-likeness (QED) is 0.673. The molecule has 0 saturated carbocycles. The van der Waals surface area contributed by atoms with Crippen LogP contribution in [0.3, 0.4) is 0 Å². The van der Waals surface area contributed by atoms with Crippen molar-refractivity contribution in [3.8, 4) is 11.5 Å². The smallest absolute Gasteiger partial charge is 0.132 e. The van der Waals surface area contributed by atoms with E-state index in [0.717, 1.165) is 37.7 Å². The molecule has 0 radical (unpaired) electrons. The van der Waals surface area contributed by atoms with Crippen LogP contribution in [0.2, 0.25) is 0 Å². The van der Waals surface area contributed by atoms with Crippen molar-refractivity contribution in [1.29, 1.82) is 0 Å². The van der Waals surface area contributed by atoms with E-state index in [4.69, 9.17) is 4.74 Å². The molecule has 0 bridgehead atoms. The summed E-state index contributed by atoms with van der Waals surface area (Å²) < 4.78 is 6.20. The van der Waals surface area contributed by atoms with E-state index >= 15 is 0 Å². The van der Waals surface area contributed by atoms with E-state index in [2.05, 4.69) is 65.6 Å². The SMILES string of the molecule is CNCc1cc(N2CCCN(C(C)C)CC2)ccc1Oc1ccc(SC)cc1. The fourth-order valence-electron chi connectivity index (χ4n) is 3.67. The van der Waals surface area contributed by atoms with Gasteiger partial charge in [-0.1, -0.05) is 0 Å². The van der Waals surface area contributed by atoms with E-state index in [1.165, 1.54) is 29.1 Å². The summed E-state index contributed by atoms with van der Waals surface area (Å²) in [7, 11) is 1.98. The van der Waals surface area contributed by atoms with E-state index in [0.29, 0.717) is 6.04 Å². The molecule has 1 aliphatic heterocycles. The van der Waals surface area contributed by atoms with Crippen LogP contribution >= 0.6 is 11.8 Å². The van der Waals surface area contributed by atoms with E-state index in [9.17, 15) is 0 Å². The van der Waals surface area contributed by atoms with Gasteiger partial charge < -0.3 is 15.0 Å². The first-order valence-electron chi connectivity index (χ1n) is 10.2. The van der Waals surface area contributed by atoms with E-state index < -0.39 is 0 Å². The minimum absolute atomic E-state index is 0.619. The van der Waals surface area contributed by atoms with Gasteiger partial charge in [0.05, 0.1) is 0 Å². The minimum Gasteiger partial charge on any atom is -0.457 e. The van der Waals surface area contributed by atoms with Crippen molar-refractivity contribution in [2.75, 3.05) is 44.4 Å². The average molecular weight is 400 g/mol. The molecule has 0 spiro atoms. The van der Waals surface area contributed by atoms with Crippen LogP contribution < -0.4 is 15.0 Å². The second-order valence-electron chi connectivity index (χ2n) is 7.57. The molecular weight excluding hydrogens is 366 g/mol. The number of hydrogen-bond acceptors (Lipinski definition) is 5. The van der Waals surface area contributed by atoms with Crippen LogP contribution in [0, 0.1) is 0 Å². The van der Waals surface area contributed by atoms with Gasteiger partial charge in [-0.3, -0.25) is 4.90 Å². The van der Waals surface area contributed by atoms with Gasteiger partial charge in [0.1, 0.15) is 11.5 Å². The van der Waals surface area contributed by atoms with Gasteiger partial charge >= 0.3 is 0 Å². The van der Waals surface area contributed by atoms with Gasteiger partial charge in [0.25, 0.3) is 0 Å². The van der Waals surface area contributed by atoms with Gasteiger partial charge in [0.2, 0.25) is 0 Å². The lowest BCUT2D eigenvalue weighted by Gasteiger charge is -2.26. The van der Waals surface area contributed by atoms with Gasteiger partial charge in [-0.05, 0) is 76.0 Å². The first-order chi connectivity index (χ1) is 13.6. The number of thioether (sulfide) groups is 1. The predicted molar refractivity (Wildman–Crippen MR) is 121 cm³/mol. The van der Waals surface area contributed by atoms with E-state index in [1.54, 1.807) is 11.8 Å². The molecule has 0 aliphatic carbocycles. The monoisotopic (exact) mass is 399 g/mol. The summed E-state index contributed by atoms with van der Waals surface area (Å²) in [4.78, 5) is 6.33. The summed E-state index contributed by atoms with van der Waals surface area (Å²) in [5.74, 6) is 1.80. The third kappa shape index (κ3) is 5.43. The molecule has 2 aromatic rings. The fourth-order valence-corrected chi connectivity index (χ4v) is 4.08. The highest BCUT2D eigenvalue weighted by atomic mass is 32.2. The molecule has 0 amide bonds. The predicted octanol–water partition coefficient (Wildman–Crippen LogP) is 4.84. The van der Waals surface area contributed by atoms with Crippen LogP contribution in [-0.4, -0.2) is 50.4 Å². The molecule has 1 saturated heterocycles. The molecule has 28 heavy (non-hydrogen) atoms. The summed E-state index contributed by atoms with van der Waals surface area (Å²) in [5.41, 5.74) is 2.49. The maximum Gasteiger partial charge on any atom is 0.132 e. The van der Waals surface area contributed by atoms with Gasteiger partial charge in [-0.15, -0.1) is 11.8 Å². The maximum absolute atomic E-state index is 6.20. The summed E-state index contributed by atoms with van der Waals surface area (Å²) in [6.07, 6.45) is 3.29. The lowest BCUT2D eigenvalue weighted by Crippen LogP contribution is -2.35. The lowest BCUT2D eigenvalue weighted by atomic mass is 10.1. The Kier molecular flexibility index (Phi) is 7.65. The number of benzene rings is 2. The number of nitrogens with one attached hydrogen (secondary N) is 1. The van der Waals surface area contributed by atoms with Crippen molar-refractivity contribution in [2.45, 2.75) is 37.8 Å². The third-order valence-electron chi connectivity index (χ3n) is 5.32. The number of anilines is 1. The fraction of sp³-hybridized carbons (Fsp3) is 0.478. The first-order valence-corrected chi connectivity index (χ1v) is 11.4. The number of nitrogens with zero attached hydrogens (tertiary/aromatic N) is 2. The highest BCUT2D eigenvalue weighted by Crippen LogP contribution is 2.31. The average Bonchev–Trinajstić information content (AvgIpc) is 2.96. The van der Waals surface area contributed by atoms with Crippen molar-refractivity contribution in [3.05, 3.63) is 48.0 Å². The van der Waals surface area contributed by atoms with Crippen LogP contribution in [-0.2, 0) is 6.54 Å². The molecule has 4 nitrogen and oxygen atoms in total. The van der Waals surface area contributed by atoms with Gasteiger partial charge in [-0.25, -0.2) is 0 Å². The second kappa shape index (κ2) is 10.2. The zero-order valence-corrected chi connectivity index (χ0v) is 18.4. The number of hydrogen-bond donors (Lipinski definition) is 1. The standard InChI is InChI=1S/C23H33N3OS/c1-18(2)25-12-5-13-26(15-14-25)20-6-11-23(19(16-20)17-24-3)27-21-7-9-22(28-4)10-8-21/h6-11,16,18,24H,5,12-15,17H2,1-4H3. The van der Waals surface area contributed by atoms with Crippen molar-refractivity contribution in [1.82, 2.24) is 10.2 Å². The van der Waals surface area contributed by atoms with Crippen molar-refractivity contribution in [2.24, 2.45) is 0 Å². The molecule has 0 unspecified atom stereocenters. The Bertz CT molecular complexity index is 748. The van der Waals surface area contributed by atoms with Crippen LogP contribution in [0.15, 0.2) is 47.4 Å². The Labute approximate surface area is 174 Å². The molecule has 5 heteroatoms. The number of ether oxygens (including phenoxy) is 1. The lowest BCUT2D eigenvalue weighted by molar-refractivity contribution is 0.238. The normalized spacial score (nSPS) is 15.7. The van der Waals surface area contributed by atoms with Gasteiger partial charge in [0.15, 0.2) is 0 Å². The summed E-state index contributed by atoms with van der Waals surface area (Å²) in [5, 5.41) is 3.28. The Morgan fingerprint density at radius 3 is 2.50 bits per heavy atom. The molecule has 2 aromatic carbocycles. The summed E-state index contributed by atoms with van der Waals surface area (Å²) >= 11 is 1.74. The van der Waals surface area contributed by atoms with Crippen LogP contribution in [0.25, 0.3) is 0 Å². The highest BCUT2D eigenvalue weighted by molar-refractivity contribution is 7.98. The van der Waals surface area contributed by atoms with Crippen molar-refractivity contribution in [3.63, 3.8) is 0 Å². The Balaban J connectivity index is 1.76. The molecule has 1 heterocycles. The Morgan fingerprint density at radius 2 is 1.82 bits per heavy atom. The van der Waals surface area contributed by atoms with Crippen LogP contribution in [0.4, 0.5) is 5.69 Å². The molecule has 0 aromatic heterocycles. The molecule has 1 fully saturated rings. The molecule has 3 rings (SSSR count). The first kappa shape index (κ1) is 21.0. The van der Waals surface area contributed by atoms with E-state index in [-0.39, 0.29) is 0 Å². The minimum atomic E-state index is 0.619. The molecule has 0 atom stereocenters. The highest BCUT2D eigenvalue weighted by Gasteiger charge is 2.18. The van der Waals surface area contributed by atoms with E-state index in [1.807, 2.05) is 19.2 Å². The Hall–Kier alpha value is -1.69. The second-order valence-corrected chi connectivity index (χ2v) is 8.45. The summed E-state index contributed by atoms with van der Waals surface area (Å²) in [6.45, 7) is 9.87. The Morgan fingerprint density at radius 1 is 1.04 bits per heavy atom. The largest absolute Gasteiger partial charge is 0.457 e. The van der Waals surface area contributed by atoms with Crippen molar-refractivity contribution >= 4 is 17.4 Å². The van der Waals surface area contributed by atoms with Crippen molar-refractivity contribution < 1.29 is 4.74 Å². The molecule has 1 aliphatic rings. The maximum atomic E-state index is 6.20. The zero-order chi connectivity index (χ0) is 19.9. The molecular formula is C23H33N3OS. The van der Waals surface area contributed by atoms with Crippen LogP contribution in [0.1, 0.15) is 25.8 Å². The molecule has 1 N–H and O–H groups in total. The topological polar surface area (TPSA) is 27.7 Å². The van der Waals surface area contributed by atoms with Gasteiger partial charge in [0, 0.05) is 54.9 Å². The summed E-state index contributed by atoms with van der Waals surface area (Å²) in [6, 6.07) is 15.5.